The van der Waals surface area contributed by atoms with Crippen LogP contribution in [0.1, 0.15) is 27.7 Å². The van der Waals surface area contributed by atoms with Crippen LogP contribution >= 0.6 is 23.2 Å². The van der Waals surface area contributed by atoms with Crippen LogP contribution < -0.4 is 10.1 Å². The first-order valence-electron chi connectivity index (χ1n) is 9.71. The van der Waals surface area contributed by atoms with Crippen molar-refractivity contribution >= 4 is 34.8 Å². The summed E-state index contributed by atoms with van der Waals surface area (Å²) in [5, 5.41) is 8.29. The second-order valence-electron chi connectivity index (χ2n) is 7.65. The predicted octanol–water partition coefficient (Wildman–Crippen LogP) is 5.87. The monoisotopic (exact) mass is 446 g/mol. The van der Waals surface area contributed by atoms with E-state index in [-0.39, 0.29) is 17.8 Å². The number of carbonyl (C=O) groups excluding carboxylic acids is 1. The van der Waals surface area contributed by atoms with Crippen LogP contribution in [0.3, 0.4) is 0 Å². The molecule has 1 N–H and O–H groups in total. The molecule has 8 heteroatoms. The molecule has 0 aliphatic rings. The van der Waals surface area contributed by atoms with Gasteiger partial charge in [0, 0.05) is 17.2 Å². The summed E-state index contributed by atoms with van der Waals surface area (Å²) in [6.07, 6.45) is 0. The molecule has 0 saturated carbocycles. The van der Waals surface area contributed by atoms with Gasteiger partial charge in [-0.15, -0.1) is 5.10 Å². The third-order valence-corrected chi connectivity index (χ3v) is 4.95. The Balaban J connectivity index is 1.97. The van der Waals surface area contributed by atoms with Gasteiger partial charge in [0.1, 0.15) is 0 Å². The molecule has 6 nitrogen and oxygen atoms in total. The van der Waals surface area contributed by atoms with Crippen molar-refractivity contribution in [2.45, 2.75) is 27.7 Å². The number of halogens is 2. The van der Waals surface area contributed by atoms with Crippen molar-refractivity contribution in [1.29, 1.82) is 0 Å². The van der Waals surface area contributed by atoms with Crippen LogP contribution in [0.5, 0.6) is 6.01 Å². The fourth-order valence-electron chi connectivity index (χ4n) is 2.57. The number of benzene rings is 2. The minimum atomic E-state index is -0.0955. The Morgan fingerprint density at radius 1 is 1.07 bits per heavy atom. The third kappa shape index (κ3) is 5.32. The minimum Gasteiger partial charge on any atom is -0.462 e. The van der Waals surface area contributed by atoms with Gasteiger partial charge in [0.05, 0.1) is 22.3 Å². The third-order valence-electron chi connectivity index (χ3n) is 4.22. The molecule has 3 aromatic rings. The van der Waals surface area contributed by atoms with Crippen LogP contribution in [0, 0.1) is 11.8 Å². The van der Waals surface area contributed by atoms with Crippen molar-refractivity contribution in [3.63, 3.8) is 0 Å². The number of anilines is 1. The number of rotatable bonds is 7. The lowest BCUT2D eigenvalue weighted by molar-refractivity contribution is -0.118. The Morgan fingerprint density at radius 3 is 2.37 bits per heavy atom. The maximum atomic E-state index is 11.9. The maximum Gasteiger partial charge on any atom is 0.336 e. The van der Waals surface area contributed by atoms with E-state index in [1.807, 2.05) is 44.2 Å². The van der Waals surface area contributed by atoms with E-state index >= 15 is 0 Å². The van der Waals surface area contributed by atoms with E-state index in [1.165, 1.54) is 0 Å². The van der Waals surface area contributed by atoms with E-state index in [0.717, 1.165) is 11.3 Å². The zero-order valence-corrected chi connectivity index (χ0v) is 18.8. The molecule has 0 spiro atoms. The van der Waals surface area contributed by atoms with Crippen LogP contribution in [0.15, 0.2) is 42.5 Å². The number of carbonyl (C=O) groups is 1. The molecule has 2 aromatic carbocycles. The summed E-state index contributed by atoms with van der Waals surface area (Å²) in [7, 11) is 0. The summed E-state index contributed by atoms with van der Waals surface area (Å²) in [6.45, 7) is 8.32. The van der Waals surface area contributed by atoms with Crippen LogP contribution in [-0.4, -0.2) is 27.3 Å². The summed E-state index contributed by atoms with van der Waals surface area (Å²) in [4.78, 5) is 16.5. The highest BCUT2D eigenvalue weighted by molar-refractivity contribution is 6.42. The van der Waals surface area contributed by atoms with Crippen molar-refractivity contribution in [3.8, 4) is 23.1 Å². The molecule has 1 amide bonds. The molecule has 0 aliphatic heterocycles. The van der Waals surface area contributed by atoms with Crippen LogP contribution in [0.2, 0.25) is 10.0 Å². The number of amides is 1. The Morgan fingerprint density at radius 2 is 1.77 bits per heavy atom. The average molecular weight is 447 g/mol. The first kappa shape index (κ1) is 22.1. The molecular formula is C22H24Cl2N4O2. The molecule has 0 aliphatic carbocycles. The van der Waals surface area contributed by atoms with E-state index in [2.05, 4.69) is 29.2 Å². The van der Waals surface area contributed by atoms with Crippen molar-refractivity contribution in [2.24, 2.45) is 11.8 Å². The molecule has 0 saturated heterocycles. The molecule has 0 radical (unpaired) electrons. The smallest absolute Gasteiger partial charge is 0.336 e. The Kier molecular flexibility index (Phi) is 7.00. The van der Waals surface area contributed by atoms with Crippen LogP contribution in [0.25, 0.3) is 17.1 Å². The lowest BCUT2D eigenvalue weighted by Crippen LogP contribution is -2.17. The van der Waals surface area contributed by atoms with Gasteiger partial charge in [-0.25, -0.2) is 4.68 Å². The largest absolute Gasteiger partial charge is 0.462 e. The van der Waals surface area contributed by atoms with Crippen LogP contribution in [-0.2, 0) is 4.79 Å². The molecule has 158 valence electrons. The average Bonchev–Trinajstić information content (AvgIpc) is 3.13. The van der Waals surface area contributed by atoms with E-state index in [9.17, 15) is 4.79 Å². The van der Waals surface area contributed by atoms with E-state index in [1.54, 1.807) is 16.8 Å². The summed E-state index contributed by atoms with van der Waals surface area (Å²) in [6, 6.07) is 12.9. The van der Waals surface area contributed by atoms with Gasteiger partial charge in [-0.05, 0) is 48.4 Å². The quantitative estimate of drug-likeness (QED) is 0.492. The molecular weight excluding hydrogens is 423 g/mol. The second kappa shape index (κ2) is 9.49. The number of hydrogen-bond donors (Lipinski definition) is 1. The highest BCUT2D eigenvalue weighted by Gasteiger charge is 2.16. The zero-order valence-electron chi connectivity index (χ0n) is 17.3. The van der Waals surface area contributed by atoms with Crippen molar-refractivity contribution < 1.29 is 9.53 Å². The summed E-state index contributed by atoms with van der Waals surface area (Å²) in [5.74, 6) is 0.784. The minimum absolute atomic E-state index is 0.0376. The van der Waals surface area contributed by atoms with Crippen molar-refractivity contribution in [1.82, 2.24) is 14.8 Å². The fourth-order valence-corrected chi connectivity index (χ4v) is 2.87. The molecule has 0 unspecified atom stereocenters. The normalized spacial score (nSPS) is 11.2. The molecule has 0 fully saturated rings. The molecule has 30 heavy (non-hydrogen) atoms. The molecule has 1 heterocycles. The van der Waals surface area contributed by atoms with Crippen molar-refractivity contribution in [2.75, 3.05) is 11.9 Å². The fraction of sp³-hybridized carbons (Fsp3) is 0.318. The van der Waals surface area contributed by atoms with Gasteiger partial charge >= 0.3 is 6.01 Å². The summed E-state index contributed by atoms with van der Waals surface area (Å²) in [5.41, 5.74) is 2.24. The predicted molar refractivity (Wildman–Crippen MR) is 121 cm³/mol. The maximum absolute atomic E-state index is 11.9. The summed E-state index contributed by atoms with van der Waals surface area (Å²) < 4.78 is 7.41. The van der Waals surface area contributed by atoms with E-state index < -0.39 is 0 Å². The SMILES string of the molecule is CC(C)COc1nc(-c2ccc(Cl)c(Cl)c2)n(-c2ccc(NC(=O)C(C)C)cc2)n1. The number of aromatic nitrogens is 3. The van der Waals surface area contributed by atoms with Gasteiger partial charge in [-0.1, -0.05) is 50.9 Å². The van der Waals surface area contributed by atoms with Gasteiger partial charge in [0.25, 0.3) is 0 Å². The number of nitrogens with zero attached hydrogens (tertiary/aromatic N) is 3. The molecule has 1 aromatic heterocycles. The van der Waals surface area contributed by atoms with Gasteiger partial charge < -0.3 is 10.1 Å². The Labute approximate surface area is 186 Å². The first-order valence-corrected chi connectivity index (χ1v) is 10.5. The Bertz CT molecular complexity index is 1030. The van der Waals surface area contributed by atoms with Gasteiger partial charge in [-0.3, -0.25) is 4.79 Å². The standard InChI is InChI=1S/C22H24Cl2N4O2/c1-13(2)12-30-22-26-20(15-5-10-18(23)19(24)11-15)28(27-22)17-8-6-16(7-9-17)25-21(29)14(3)4/h5-11,13-14H,12H2,1-4H3,(H,25,29). The van der Waals surface area contributed by atoms with Gasteiger partial charge in [0.15, 0.2) is 5.82 Å². The topological polar surface area (TPSA) is 69.0 Å². The van der Waals surface area contributed by atoms with Crippen molar-refractivity contribution in [3.05, 3.63) is 52.5 Å². The molecule has 0 bridgehead atoms. The lowest BCUT2D eigenvalue weighted by Gasteiger charge is -2.10. The summed E-state index contributed by atoms with van der Waals surface area (Å²) >= 11 is 12.3. The molecule has 0 atom stereocenters. The number of nitrogens with one attached hydrogen (secondary N) is 1. The van der Waals surface area contributed by atoms with Gasteiger partial charge in [0.2, 0.25) is 5.91 Å². The first-order chi connectivity index (χ1) is 14.2. The zero-order chi connectivity index (χ0) is 21.8. The highest BCUT2D eigenvalue weighted by atomic mass is 35.5. The van der Waals surface area contributed by atoms with E-state index in [0.29, 0.717) is 34.1 Å². The number of ether oxygens (including phenoxy) is 1. The number of hydrogen-bond acceptors (Lipinski definition) is 4. The second-order valence-corrected chi connectivity index (χ2v) is 8.47. The highest BCUT2D eigenvalue weighted by Crippen LogP contribution is 2.30. The lowest BCUT2D eigenvalue weighted by atomic mass is 10.2. The molecule has 3 rings (SSSR count). The Hall–Kier alpha value is -2.57. The van der Waals surface area contributed by atoms with Gasteiger partial charge in [-0.2, -0.15) is 4.98 Å². The van der Waals surface area contributed by atoms with E-state index in [4.69, 9.17) is 27.9 Å². The van der Waals surface area contributed by atoms with Crippen LogP contribution in [0.4, 0.5) is 5.69 Å².